The second-order valence-electron chi connectivity index (χ2n) is 4.44. The molecule has 0 heterocycles. The molecule has 9 heteroatoms. The largest absolute Gasteiger partial charge is 0.481 e. The summed E-state index contributed by atoms with van der Waals surface area (Å²) in [5.41, 5.74) is -1.73. The molecule has 0 aliphatic rings. The van der Waals surface area contributed by atoms with E-state index in [2.05, 4.69) is 4.72 Å². The van der Waals surface area contributed by atoms with Gasteiger partial charge in [0, 0.05) is 6.54 Å². The van der Waals surface area contributed by atoms with Gasteiger partial charge in [-0.05, 0) is 19.1 Å². The molecule has 1 unspecified atom stereocenters. The number of aliphatic carboxylic acids is 1. The molecule has 0 aliphatic heterocycles. The van der Waals surface area contributed by atoms with Gasteiger partial charge in [-0.2, -0.15) is 0 Å². The summed E-state index contributed by atoms with van der Waals surface area (Å²) in [5, 5.41) is 18.2. The van der Waals surface area contributed by atoms with Gasteiger partial charge in [0.05, 0.1) is 22.1 Å². The zero-order valence-electron chi connectivity index (χ0n) is 10.4. The van der Waals surface area contributed by atoms with Gasteiger partial charge in [-0.25, -0.2) is 13.1 Å². The highest BCUT2D eigenvalue weighted by atomic mass is 35.5. The van der Waals surface area contributed by atoms with Crippen LogP contribution in [0.15, 0.2) is 23.1 Å². The summed E-state index contributed by atoms with van der Waals surface area (Å²) >= 11 is 11.6. The van der Waals surface area contributed by atoms with Gasteiger partial charge in [0.2, 0.25) is 10.0 Å². The minimum atomic E-state index is -4.06. The van der Waals surface area contributed by atoms with E-state index in [9.17, 15) is 18.3 Å². The molecule has 0 radical (unpaired) electrons. The summed E-state index contributed by atoms with van der Waals surface area (Å²) in [7, 11) is -4.06. The highest BCUT2D eigenvalue weighted by Gasteiger charge is 2.28. The number of carboxylic acids is 1. The van der Waals surface area contributed by atoms with E-state index in [0.29, 0.717) is 0 Å². The highest BCUT2D eigenvalue weighted by Crippen LogP contribution is 2.28. The zero-order valence-corrected chi connectivity index (χ0v) is 12.8. The fourth-order valence-corrected chi connectivity index (χ4v) is 3.75. The van der Waals surface area contributed by atoms with E-state index in [1.165, 1.54) is 25.1 Å². The van der Waals surface area contributed by atoms with Gasteiger partial charge in [-0.1, -0.05) is 29.3 Å². The van der Waals surface area contributed by atoms with E-state index in [1.807, 2.05) is 0 Å². The van der Waals surface area contributed by atoms with Crippen molar-refractivity contribution >= 4 is 39.2 Å². The maximum Gasteiger partial charge on any atom is 0.306 e. The average molecular weight is 342 g/mol. The maximum absolute atomic E-state index is 12.1. The first-order valence-electron chi connectivity index (χ1n) is 5.43. The number of sulfonamides is 1. The van der Waals surface area contributed by atoms with Crippen molar-refractivity contribution in [2.24, 2.45) is 0 Å². The van der Waals surface area contributed by atoms with E-state index >= 15 is 0 Å². The van der Waals surface area contributed by atoms with Crippen LogP contribution in [-0.2, 0) is 14.8 Å². The van der Waals surface area contributed by atoms with Gasteiger partial charge in [0.15, 0.2) is 0 Å². The molecule has 1 aromatic carbocycles. The normalized spacial score (nSPS) is 14.8. The molecule has 20 heavy (non-hydrogen) atoms. The van der Waals surface area contributed by atoms with Crippen molar-refractivity contribution in [3.05, 3.63) is 28.2 Å². The van der Waals surface area contributed by atoms with Crippen LogP contribution in [0.3, 0.4) is 0 Å². The second kappa shape index (κ2) is 6.28. The van der Waals surface area contributed by atoms with E-state index in [0.717, 1.165) is 0 Å². The van der Waals surface area contributed by atoms with Crippen molar-refractivity contribution in [1.29, 1.82) is 0 Å². The van der Waals surface area contributed by atoms with Gasteiger partial charge in [-0.15, -0.1) is 0 Å². The van der Waals surface area contributed by atoms with Gasteiger partial charge in [0.25, 0.3) is 0 Å². The van der Waals surface area contributed by atoms with Crippen LogP contribution in [0.4, 0.5) is 0 Å². The fraction of sp³-hybridized carbons (Fsp3) is 0.364. The SMILES string of the molecule is CC(O)(CNS(=O)(=O)c1c(Cl)cccc1Cl)CC(=O)O. The Morgan fingerprint density at radius 2 is 1.85 bits per heavy atom. The molecule has 3 N–H and O–H groups in total. The number of carbonyl (C=O) groups is 1. The Hall–Kier alpha value is -0.860. The van der Waals surface area contributed by atoms with Crippen molar-refractivity contribution in [3.8, 4) is 0 Å². The number of hydrogen-bond donors (Lipinski definition) is 3. The van der Waals surface area contributed by atoms with Crippen molar-refractivity contribution in [2.75, 3.05) is 6.54 Å². The van der Waals surface area contributed by atoms with E-state index in [1.54, 1.807) is 0 Å². The van der Waals surface area contributed by atoms with E-state index in [-0.39, 0.29) is 14.9 Å². The van der Waals surface area contributed by atoms with Gasteiger partial charge < -0.3 is 10.2 Å². The molecule has 112 valence electrons. The van der Waals surface area contributed by atoms with E-state index in [4.69, 9.17) is 28.3 Å². The minimum absolute atomic E-state index is 0.0668. The van der Waals surface area contributed by atoms with Crippen molar-refractivity contribution < 1.29 is 23.4 Å². The predicted molar refractivity (Wildman–Crippen MR) is 74.5 cm³/mol. The van der Waals surface area contributed by atoms with Crippen molar-refractivity contribution in [2.45, 2.75) is 23.8 Å². The number of nitrogens with one attached hydrogen (secondary N) is 1. The monoisotopic (exact) mass is 341 g/mol. The lowest BCUT2D eigenvalue weighted by atomic mass is 10.0. The Kier molecular flexibility index (Phi) is 5.39. The molecule has 0 aromatic heterocycles. The number of aliphatic hydroxyl groups is 1. The number of hydrogen-bond acceptors (Lipinski definition) is 4. The zero-order chi connectivity index (χ0) is 15.6. The Bertz CT molecular complexity index is 595. The quantitative estimate of drug-likeness (QED) is 0.727. The lowest BCUT2D eigenvalue weighted by Gasteiger charge is -2.21. The third kappa shape index (κ3) is 4.60. The van der Waals surface area contributed by atoms with Crippen LogP contribution >= 0.6 is 23.2 Å². The number of benzene rings is 1. The Balaban J connectivity index is 2.94. The average Bonchev–Trinajstić information content (AvgIpc) is 2.24. The van der Waals surface area contributed by atoms with Crippen LogP contribution in [0.5, 0.6) is 0 Å². The summed E-state index contributed by atoms with van der Waals surface area (Å²) in [5.74, 6) is -1.25. The minimum Gasteiger partial charge on any atom is -0.481 e. The molecular weight excluding hydrogens is 329 g/mol. The molecule has 0 spiro atoms. The van der Waals surface area contributed by atoms with Gasteiger partial charge in [-0.3, -0.25) is 4.79 Å². The topological polar surface area (TPSA) is 104 Å². The van der Waals surface area contributed by atoms with Crippen LogP contribution < -0.4 is 4.72 Å². The first-order valence-corrected chi connectivity index (χ1v) is 7.67. The summed E-state index contributed by atoms with van der Waals surface area (Å²) < 4.78 is 26.2. The van der Waals surface area contributed by atoms with E-state index < -0.39 is 34.6 Å². The molecule has 0 aliphatic carbocycles. The molecule has 1 atom stereocenters. The Morgan fingerprint density at radius 1 is 1.35 bits per heavy atom. The summed E-state index contributed by atoms with van der Waals surface area (Å²) in [6.45, 7) is 0.723. The number of rotatable bonds is 6. The van der Waals surface area contributed by atoms with Crippen molar-refractivity contribution in [3.63, 3.8) is 0 Å². The molecule has 0 saturated heterocycles. The lowest BCUT2D eigenvalue weighted by Crippen LogP contribution is -2.42. The number of halogens is 2. The first-order chi connectivity index (χ1) is 9.05. The molecular formula is C11H13Cl2NO5S. The van der Waals surface area contributed by atoms with Crippen LogP contribution in [0.25, 0.3) is 0 Å². The smallest absolute Gasteiger partial charge is 0.306 e. The van der Waals surface area contributed by atoms with Gasteiger partial charge in [0.1, 0.15) is 4.90 Å². The third-order valence-electron chi connectivity index (χ3n) is 2.36. The molecule has 0 amide bonds. The Morgan fingerprint density at radius 3 is 2.30 bits per heavy atom. The lowest BCUT2D eigenvalue weighted by molar-refractivity contribution is -0.141. The summed E-state index contributed by atoms with van der Waals surface area (Å²) in [4.78, 5) is 10.2. The second-order valence-corrected chi connectivity index (χ2v) is 6.96. The van der Waals surface area contributed by atoms with Crippen LogP contribution in [0.1, 0.15) is 13.3 Å². The number of carboxylic acid groups (broad SMARTS) is 1. The summed E-state index contributed by atoms with van der Waals surface area (Å²) in [6.07, 6.45) is -0.605. The maximum atomic E-state index is 12.1. The fourth-order valence-electron chi connectivity index (χ4n) is 1.45. The molecule has 0 fully saturated rings. The molecule has 1 rings (SSSR count). The van der Waals surface area contributed by atoms with Crippen LogP contribution in [0.2, 0.25) is 10.0 Å². The third-order valence-corrected chi connectivity index (χ3v) is 4.72. The standard InChI is InChI=1S/C11H13Cl2NO5S/c1-11(17,5-9(15)16)6-14-20(18,19)10-7(12)3-2-4-8(10)13/h2-4,14,17H,5-6H2,1H3,(H,15,16). The summed E-state index contributed by atoms with van der Waals surface area (Å²) in [6, 6.07) is 4.21. The van der Waals surface area contributed by atoms with Crippen LogP contribution in [0, 0.1) is 0 Å². The molecule has 0 bridgehead atoms. The Labute approximate surface area is 126 Å². The van der Waals surface area contributed by atoms with Crippen LogP contribution in [-0.4, -0.2) is 36.7 Å². The molecule has 0 saturated carbocycles. The van der Waals surface area contributed by atoms with Gasteiger partial charge >= 0.3 is 5.97 Å². The van der Waals surface area contributed by atoms with Crippen molar-refractivity contribution in [1.82, 2.24) is 4.72 Å². The molecule has 6 nitrogen and oxygen atoms in total. The predicted octanol–water partition coefficient (Wildman–Crippen LogP) is 1.50. The molecule has 1 aromatic rings. The first kappa shape index (κ1) is 17.2. The highest BCUT2D eigenvalue weighted by molar-refractivity contribution is 7.89.